The molecule has 0 bridgehead atoms. The Bertz CT molecular complexity index is 342. The van der Waals surface area contributed by atoms with E-state index in [9.17, 15) is 4.79 Å². The third kappa shape index (κ3) is 2.81. The van der Waals surface area contributed by atoms with Crippen LogP contribution in [0.1, 0.15) is 49.3 Å². The smallest absolute Gasteiger partial charge is 0.356 e. The molecule has 0 aliphatic heterocycles. The zero-order valence-corrected chi connectivity index (χ0v) is 9.78. The average Bonchev–Trinajstić information content (AvgIpc) is 2.57. The van der Waals surface area contributed by atoms with Crippen LogP contribution in [-0.4, -0.2) is 22.4 Å². The highest BCUT2D eigenvalue weighted by Gasteiger charge is 2.15. The van der Waals surface area contributed by atoms with Crippen LogP contribution in [0.2, 0.25) is 0 Å². The van der Waals surface area contributed by atoms with Crippen molar-refractivity contribution in [2.45, 2.75) is 33.1 Å². The Morgan fingerprint density at radius 3 is 2.73 bits per heavy atom. The van der Waals surface area contributed by atoms with Crippen LogP contribution in [0.25, 0.3) is 0 Å². The molecule has 1 aromatic rings. The van der Waals surface area contributed by atoms with E-state index in [1.54, 1.807) is 17.8 Å². The van der Waals surface area contributed by atoms with E-state index < -0.39 is 0 Å². The highest BCUT2D eigenvalue weighted by Crippen LogP contribution is 2.14. The summed E-state index contributed by atoms with van der Waals surface area (Å²) in [6.45, 7) is 6.52. The molecule has 0 unspecified atom stereocenters. The number of nitrogens with zero attached hydrogens (tertiary/aromatic N) is 2. The summed E-state index contributed by atoms with van der Waals surface area (Å²) in [5.41, 5.74) is 1.44. The van der Waals surface area contributed by atoms with Gasteiger partial charge < -0.3 is 4.74 Å². The summed E-state index contributed by atoms with van der Waals surface area (Å²) in [5, 5.41) is 4.26. The van der Waals surface area contributed by atoms with Gasteiger partial charge in [0, 0.05) is 7.05 Å². The van der Waals surface area contributed by atoms with Crippen LogP contribution in [0.15, 0.2) is 6.07 Å². The molecule has 4 heteroatoms. The first-order chi connectivity index (χ1) is 7.06. The second-order valence-corrected chi connectivity index (χ2v) is 3.87. The Kier molecular flexibility index (Phi) is 3.88. The molecule has 1 rings (SSSR count). The first kappa shape index (κ1) is 11.8. The van der Waals surface area contributed by atoms with Gasteiger partial charge in [0.2, 0.25) is 0 Å². The summed E-state index contributed by atoms with van der Waals surface area (Å²) in [5.74, 6) is 0.0303. The summed E-state index contributed by atoms with van der Waals surface area (Å²) in [4.78, 5) is 11.6. The molecule has 1 heterocycles. The number of hydrogen-bond acceptors (Lipinski definition) is 3. The molecular weight excluding hydrogens is 192 g/mol. The lowest BCUT2D eigenvalue weighted by Gasteiger charge is -2.01. The highest BCUT2D eigenvalue weighted by molar-refractivity contribution is 5.87. The maximum absolute atomic E-state index is 11.6. The molecule has 0 saturated carbocycles. The molecule has 1 aromatic heterocycles. The van der Waals surface area contributed by atoms with Gasteiger partial charge in [-0.15, -0.1) is 0 Å². The third-order valence-corrected chi connectivity index (χ3v) is 2.14. The fourth-order valence-corrected chi connectivity index (χ4v) is 1.23. The quantitative estimate of drug-likeness (QED) is 0.715. The van der Waals surface area contributed by atoms with E-state index in [4.69, 9.17) is 4.74 Å². The zero-order chi connectivity index (χ0) is 11.4. The average molecular weight is 210 g/mol. The SMILES string of the molecule is CCCOC(=O)c1cc(C(C)C)nn1C. The van der Waals surface area contributed by atoms with E-state index in [1.807, 2.05) is 20.8 Å². The predicted molar refractivity (Wildman–Crippen MR) is 57.9 cm³/mol. The standard InChI is InChI=1S/C11H18N2O2/c1-5-6-15-11(14)10-7-9(8(2)3)12-13(10)4/h7-8H,5-6H2,1-4H3. The molecule has 0 radical (unpaired) electrons. The van der Waals surface area contributed by atoms with Gasteiger partial charge in [-0.25, -0.2) is 4.79 Å². The summed E-state index contributed by atoms with van der Waals surface area (Å²) in [7, 11) is 1.76. The minimum Gasteiger partial charge on any atom is -0.461 e. The van der Waals surface area contributed by atoms with Gasteiger partial charge in [0.1, 0.15) is 5.69 Å². The fraction of sp³-hybridized carbons (Fsp3) is 0.636. The molecular formula is C11H18N2O2. The van der Waals surface area contributed by atoms with Gasteiger partial charge in [-0.3, -0.25) is 4.68 Å². The number of esters is 1. The lowest BCUT2D eigenvalue weighted by molar-refractivity contribution is 0.0492. The van der Waals surface area contributed by atoms with Crippen LogP contribution >= 0.6 is 0 Å². The molecule has 0 amide bonds. The van der Waals surface area contributed by atoms with Crippen molar-refractivity contribution in [3.63, 3.8) is 0 Å². The van der Waals surface area contributed by atoms with Gasteiger partial charge in [0.05, 0.1) is 12.3 Å². The Balaban J connectivity index is 2.80. The van der Waals surface area contributed by atoms with Crippen molar-refractivity contribution < 1.29 is 9.53 Å². The maximum Gasteiger partial charge on any atom is 0.356 e. The highest BCUT2D eigenvalue weighted by atomic mass is 16.5. The fourth-order valence-electron chi connectivity index (χ4n) is 1.23. The molecule has 0 aromatic carbocycles. The second kappa shape index (κ2) is 4.96. The number of carbonyl (C=O) groups excluding carboxylic acids is 1. The molecule has 0 spiro atoms. The summed E-state index contributed by atoms with van der Waals surface area (Å²) in [6.07, 6.45) is 0.834. The van der Waals surface area contributed by atoms with Crippen molar-refractivity contribution in [3.05, 3.63) is 17.5 Å². The molecule has 0 N–H and O–H groups in total. The Hall–Kier alpha value is -1.32. The predicted octanol–water partition coefficient (Wildman–Crippen LogP) is 2.11. The molecule has 15 heavy (non-hydrogen) atoms. The van der Waals surface area contributed by atoms with Crippen molar-refractivity contribution in [3.8, 4) is 0 Å². The van der Waals surface area contributed by atoms with Crippen LogP contribution in [0, 0.1) is 0 Å². The van der Waals surface area contributed by atoms with Crippen molar-refractivity contribution in [2.75, 3.05) is 6.61 Å². The van der Waals surface area contributed by atoms with Gasteiger partial charge in [-0.2, -0.15) is 5.10 Å². The van der Waals surface area contributed by atoms with Crippen LogP contribution in [-0.2, 0) is 11.8 Å². The minimum atomic E-state index is -0.293. The van der Waals surface area contributed by atoms with Crippen molar-refractivity contribution >= 4 is 5.97 Å². The Morgan fingerprint density at radius 1 is 1.60 bits per heavy atom. The lowest BCUT2D eigenvalue weighted by Crippen LogP contribution is -2.11. The van der Waals surface area contributed by atoms with E-state index in [0.29, 0.717) is 18.2 Å². The van der Waals surface area contributed by atoms with Crippen LogP contribution in [0.5, 0.6) is 0 Å². The van der Waals surface area contributed by atoms with Gasteiger partial charge in [0.25, 0.3) is 0 Å². The summed E-state index contributed by atoms with van der Waals surface area (Å²) >= 11 is 0. The monoisotopic (exact) mass is 210 g/mol. The molecule has 0 saturated heterocycles. The van der Waals surface area contributed by atoms with Gasteiger partial charge in [0.15, 0.2) is 0 Å². The first-order valence-electron chi connectivity index (χ1n) is 5.27. The van der Waals surface area contributed by atoms with E-state index in [0.717, 1.165) is 12.1 Å². The van der Waals surface area contributed by atoms with E-state index >= 15 is 0 Å². The summed E-state index contributed by atoms with van der Waals surface area (Å²) < 4.78 is 6.63. The zero-order valence-electron chi connectivity index (χ0n) is 9.78. The van der Waals surface area contributed by atoms with Gasteiger partial charge >= 0.3 is 5.97 Å². The molecule has 0 aliphatic carbocycles. The lowest BCUT2D eigenvalue weighted by atomic mass is 10.1. The van der Waals surface area contributed by atoms with E-state index in [-0.39, 0.29) is 5.97 Å². The van der Waals surface area contributed by atoms with E-state index in [1.165, 1.54) is 0 Å². The van der Waals surface area contributed by atoms with Crippen LogP contribution in [0.3, 0.4) is 0 Å². The van der Waals surface area contributed by atoms with E-state index in [2.05, 4.69) is 5.10 Å². The molecule has 0 atom stereocenters. The second-order valence-electron chi connectivity index (χ2n) is 3.87. The molecule has 0 fully saturated rings. The normalized spacial score (nSPS) is 10.7. The van der Waals surface area contributed by atoms with Gasteiger partial charge in [-0.1, -0.05) is 20.8 Å². The third-order valence-electron chi connectivity index (χ3n) is 2.14. The number of ether oxygens (including phenoxy) is 1. The van der Waals surface area contributed by atoms with Gasteiger partial charge in [-0.05, 0) is 18.4 Å². The van der Waals surface area contributed by atoms with Crippen molar-refractivity contribution in [2.24, 2.45) is 7.05 Å². The minimum absolute atomic E-state index is 0.293. The maximum atomic E-state index is 11.6. The number of aryl methyl sites for hydroxylation is 1. The van der Waals surface area contributed by atoms with Crippen molar-refractivity contribution in [1.29, 1.82) is 0 Å². The van der Waals surface area contributed by atoms with Crippen LogP contribution in [0.4, 0.5) is 0 Å². The number of hydrogen-bond donors (Lipinski definition) is 0. The topological polar surface area (TPSA) is 44.1 Å². The number of carbonyl (C=O) groups is 1. The molecule has 84 valence electrons. The van der Waals surface area contributed by atoms with Crippen molar-refractivity contribution in [1.82, 2.24) is 9.78 Å². The molecule has 0 aliphatic rings. The Morgan fingerprint density at radius 2 is 2.27 bits per heavy atom. The largest absolute Gasteiger partial charge is 0.461 e. The summed E-state index contributed by atoms with van der Waals surface area (Å²) in [6, 6.07) is 1.79. The van der Waals surface area contributed by atoms with Crippen LogP contribution < -0.4 is 0 Å². The molecule has 4 nitrogen and oxygen atoms in total. The Labute approximate surface area is 90.2 Å². The first-order valence-corrected chi connectivity index (χ1v) is 5.27. The number of rotatable bonds is 4. The number of aromatic nitrogens is 2.